The molecule has 0 spiro atoms. The van der Waals surface area contributed by atoms with E-state index in [1.807, 2.05) is 24.3 Å². The SMILES string of the molecule is CC(C)(C)[Si](C)(C)O[C@H]1C=CC[C@]1(COC(=O)c1ccccc1)[C@]1(C)C=CC(=O)CC1. The lowest BCUT2D eigenvalue weighted by Gasteiger charge is -2.51. The average molecular weight is 441 g/mol. The van der Waals surface area contributed by atoms with Gasteiger partial charge in [-0.05, 0) is 54.6 Å². The summed E-state index contributed by atoms with van der Waals surface area (Å²) in [5, 5.41) is 0.0646. The van der Waals surface area contributed by atoms with Crippen LogP contribution < -0.4 is 0 Å². The van der Waals surface area contributed by atoms with Gasteiger partial charge in [0.1, 0.15) is 6.61 Å². The Morgan fingerprint density at radius 2 is 1.87 bits per heavy atom. The van der Waals surface area contributed by atoms with E-state index < -0.39 is 13.7 Å². The second-order valence-electron chi connectivity index (χ2n) is 10.7. The summed E-state index contributed by atoms with van der Waals surface area (Å²) in [5.74, 6) is -0.167. The zero-order valence-electron chi connectivity index (χ0n) is 19.7. The maximum Gasteiger partial charge on any atom is 0.338 e. The van der Waals surface area contributed by atoms with Gasteiger partial charge in [-0.2, -0.15) is 0 Å². The van der Waals surface area contributed by atoms with Crippen LogP contribution in [0.1, 0.15) is 57.3 Å². The molecule has 0 N–H and O–H groups in total. The van der Waals surface area contributed by atoms with Crippen molar-refractivity contribution in [1.29, 1.82) is 0 Å². The number of ketones is 1. The molecule has 2 aliphatic carbocycles. The van der Waals surface area contributed by atoms with E-state index >= 15 is 0 Å². The van der Waals surface area contributed by atoms with Crippen molar-refractivity contribution in [3.63, 3.8) is 0 Å². The number of allylic oxidation sites excluding steroid dienone is 3. The van der Waals surface area contributed by atoms with Gasteiger partial charge in [0.05, 0.1) is 11.7 Å². The highest BCUT2D eigenvalue weighted by atomic mass is 28.4. The van der Waals surface area contributed by atoms with Gasteiger partial charge >= 0.3 is 5.97 Å². The minimum absolute atomic E-state index is 0.0646. The Labute approximate surface area is 187 Å². The fourth-order valence-electron chi connectivity index (χ4n) is 4.31. The number of esters is 1. The fourth-order valence-corrected chi connectivity index (χ4v) is 5.60. The smallest absolute Gasteiger partial charge is 0.338 e. The van der Waals surface area contributed by atoms with E-state index in [-0.39, 0.29) is 34.9 Å². The van der Waals surface area contributed by atoms with Crippen LogP contribution in [0, 0.1) is 10.8 Å². The molecule has 0 aromatic heterocycles. The standard InChI is InChI=1S/C26H36O4Si/c1-24(2,3)31(5,6)30-22-13-10-16-26(22,25(4)17-14-21(27)15-18-25)19-29-23(28)20-11-8-7-9-12-20/h7-14,17,22H,15-16,18-19H2,1-6H3/t22-,25+,26+/m0/s1. The predicted molar refractivity (Wildman–Crippen MR) is 126 cm³/mol. The van der Waals surface area contributed by atoms with Crippen LogP contribution >= 0.6 is 0 Å². The van der Waals surface area contributed by atoms with Crippen LogP contribution in [0.15, 0.2) is 54.6 Å². The summed E-state index contributed by atoms with van der Waals surface area (Å²) in [7, 11) is -2.07. The lowest BCUT2D eigenvalue weighted by molar-refractivity contribution is -0.117. The Morgan fingerprint density at radius 3 is 2.45 bits per heavy atom. The van der Waals surface area contributed by atoms with Gasteiger partial charge in [0.25, 0.3) is 0 Å². The Kier molecular flexibility index (Phi) is 6.50. The zero-order chi connectivity index (χ0) is 22.9. The number of hydrogen-bond acceptors (Lipinski definition) is 4. The highest BCUT2D eigenvalue weighted by molar-refractivity contribution is 6.74. The van der Waals surface area contributed by atoms with Crippen molar-refractivity contribution in [3.8, 4) is 0 Å². The van der Waals surface area contributed by atoms with E-state index in [1.54, 1.807) is 18.2 Å². The van der Waals surface area contributed by atoms with Crippen molar-refractivity contribution < 1.29 is 18.8 Å². The Balaban J connectivity index is 1.94. The summed E-state index contributed by atoms with van der Waals surface area (Å²) in [6.07, 6.45) is 9.86. The first-order valence-corrected chi connectivity index (χ1v) is 14.1. The normalized spacial score (nSPS) is 28.7. The monoisotopic (exact) mass is 440 g/mol. The summed E-state index contributed by atoms with van der Waals surface area (Å²) >= 11 is 0. The van der Waals surface area contributed by atoms with Crippen molar-refractivity contribution in [3.05, 3.63) is 60.2 Å². The summed E-state index contributed by atoms with van der Waals surface area (Å²) in [4.78, 5) is 24.7. The molecule has 0 heterocycles. The molecule has 0 aliphatic heterocycles. The van der Waals surface area contributed by atoms with Crippen LogP contribution in [0.5, 0.6) is 0 Å². The molecule has 4 nitrogen and oxygen atoms in total. The van der Waals surface area contributed by atoms with E-state index in [4.69, 9.17) is 9.16 Å². The molecule has 0 saturated heterocycles. The molecule has 0 amide bonds. The molecule has 168 valence electrons. The molecule has 2 aliphatic rings. The minimum atomic E-state index is -2.07. The lowest BCUT2D eigenvalue weighted by atomic mass is 9.58. The summed E-state index contributed by atoms with van der Waals surface area (Å²) in [5.41, 5.74) is -0.205. The molecule has 0 radical (unpaired) electrons. The van der Waals surface area contributed by atoms with E-state index in [2.05, 4.69) is 52.9 Å². The number of carbonyl (C=O) groups is 2. The quantitative estimate of drug-likeness (QED) is 0.304. The van der Waals surface area contributed by atoms with Gasteiger partial charge < -0.3 is 9.16 Å². The molecular formula is C26H36O4Si. The first-order chi connectivity index (χ1) is 14.4. The summed E-state index contributed by atoms with van der Waals surface area (Å²) < 4.78 is 12.8. The first kappa shape index (κ1) is 23.7. The third kappa shape index (κ3) is 4.63. The Morgan fingerprint density at radius 1 is 1.19 bits per heavy atom. The van der Waals surface area contributed by atoms with Crippen LogP contribution in [0.25, 0.3) is 0 Å². The maximum absolute atomic E-state index is 12.8. The van der Waals surface area contributed by atoms with E-state index in [9.17, 15) is 9.59 Å². The third-order valence-corrected chi connectivity index (χ3v) is 12.2. The van der Waals surface area contributed by atoms with Gasteiger partial charge in [0.2, 0.25) is 0 Å². The molecule has 3 atom stereocenters. The number of ether oxygens (including phenoxy) is 1. The molecule has 1 aromatic carbocycles. The molecule has 1 aromatic rings. The van der Waals surface area contributed by atoms with Gasteiger partial charge in [-0.25, -0.2) is 4.79 Å². The summed E-state index contributed by atoms with van der Waals surface area (Å²) in [6.45, 7) is 13.6. The number of benzene rings is 1. The lowest BCUT2D eigenvalue weighted by Crippen LogP contribution is -2.55. The Hall–Kier alpha value is -1.98. The van der Waals surface area contributed by atoms with Gasteiger partial charge in [-0.3, -0.25) is 4.79 Å². The molecule has 0 fully saturated rings. The van der Waals surface area contributed by atoms with Crippen molar-refractivity contribution in [1.82, 2.24) is 0 Å². The molecular weight excluding hydrogens is 404 g/mol. The number of rotatable bonds is 6. The maximum atomic E-state index is 12.8. The average Bonchev–Trinajstić information content (AvgIpc) is 3.12. The summed E-state index contributed by atoms with van der Waals surface area (Å²) in [6, 6.07) is 9.10. The van der Waals surface area contributed by atoms with Crippen molar-refractivity contribution in [2.75, 3.05) is 6.61 Å². The zero-order valence-corrected chi connectivity index (χ0v) is 20.7. The molecule has 5 heteroatoms. The number of carbonyl (C=O) groups excluding carboxylic acids is 2. The van der Waals surface area contributed by atoms with Gasteiger partial charge in [0, 0.05) is 11.8 Å². The van der Waals surface area contributed by atoms with Crippen LogP contribution in [-0.4, -0.2) is 32.8 Å². The van der Waals surface area contributed by atoms with Crippen LogP contribution in [0.4, 0.5) is 0 Å². The second kappa shape index (κ2) is 8.51. The molecule has 0 saturated carbocycles. The van der Waals surface area contributed by atoms with Crippen LogP contribution in [0.3, 0.4) is 0 Å². The molecule has 31 heavy (non-hydrogen) atoms. The molecule has 0 unspecified atom stereocenters. The minimum Gasteiger partial charge on any atom is -0.461 e. The van der Waals surface area contributed by atoms with Gasteiger partial charge in [-0.1, -0.05) is 64.1 Å². The molecule has 3 rings (SSSR count). The number of hydrogen-bond donors (Lipinski definition) is 0. The van der Waals surface area contributed by atoms with Crippen molar-refractivity contribution in [2.45, 2.75) is 71.2 Å². The van der Waals surface area contributed by atoms with Crippen molar-refractivity contribution >= 4 is 20.1 Å². The highest BCUT2D eigenvalue weighted by Crippen LogP contribution is 2.56. The predicted octanol–water partition coefficient (Wildman–Crippen LogP) is 6.11. The van der Waals surface area contributed by atoms with Gasteiger partial charge in [-0.15, -0.1) is 0 Å². The van der Waals surface area contributed by atoms with Gasteiger partial charge in [0.15, 0.2) is 14.1 Å². The Bertz CT molecular complexity index is 880. The fraction of sp³-hybridized carbons (Fsp3) is 0.538. The van der Waals surface area contributed by atoms with E-state index in [0.29, 0.717) is 12.0 Å². The van der Waals surface area contributed by atoms with Crippen LogP contribution in [-0.2, 0) is 14.0 Å². The van der Waals surface area contributed by atoms with E-state index in [0.717, 1.165) is 12.8 Å². The van der Waals surface area contributed by atoms with Crippen molar-refractivity contribution in [2.24, 2.45) is 10.8 Å². The second-order valence-corrected chi connectivity index (χ2v) is 15.5. The first-order valence-electron chi connectivity index (χ1n) is 11.2. The highest BCUT2D eigenvalue weighted by Gasteiger charge is 2.56. The third-order valence-electron chi connectivity index (χ3n) is 7.70. The van der Waals surface area contributed by atoms with Crippen LogP contribution in [0.2, 0.25) is 18.1 Å². The molecule has 0 bridgehead atoms. The van der Waals surface area contributed by atoms with E-state index in [1.165, 1.54) is 0 Å². The topological polar surface area (TPSA) is 52.6 Å². The largest absolute Gasteiger partial charge is 0.461 e.